The second-order valence-corrected chi connectivity index (χ2v) is 4.72. The maximum atomic E-state index is 11.7. The van der Waals surface area contributed by atoms with Gasteiger partial charge in [-0.05, 0) is 0 Å². The Kier molecular flexibility index (Phi) is 4.53. The van der Waals surface area contributed by atoms with Crippen LogP contribution in [-0.2, 0) is 24.9 Å². The monoisotopic (exact) mass is 312 g/mol. The largest absolute Gasteiger partial charge is 0.350 e. The zero-order valence-corrected chi connectivity index (χ0v) is 11.9. The number of nitrogens with zero attached hydrogens (tertiary/aromatic N) is 5. The Labute approximate surface area is 124 Å². The predicted molar refractivity (Wildman–Crippen MR) is 73.6 cm³/mol. The van der Waals surface area contributed by atoms with Gasteiger partial charge < -0.3 is 5.32 Å². The van der Waals surface area contributed by atoms with Crippen molar-refractivity contribution < 1.29 is 9.72 Å². The van der Waals surface area contributed by atoms with Crippen LogP contribution in [0.15, 0.2) is 18.6 Å². The molecule has 0 unspecified atom stereocenters. The van der Waals surface area contributed by atoms with Gasteiger partial charge in [0.1, 0.15) is 12.4 Å². The quantitative estimate of drug-likeness (QED) is 0.629. The van der Waals surface area contributed by atoms with E-state index >= 15 is 0 Å². The second kappa shape index (κ2) is 6.35. The molecule has 1 N–H and O–H groups in total. The second-order valence-electron chi connectivity index (χ2n) is 4.31. The number of nitrogens with one attached hydrogen (secondary N) is 1. The molecule has 10 heteroatoms. The van der Waals surface area contributed by atoms with E-state index in [0.717, 1.165) is 6.20 Å². The van der Waals surface area contributed by atoms with E-state index in [1.165, 1.54) is 17.1 Å². The number of aryl methyl sites for hydroxylation is 2. The Morgan fingerprint density at radius 1 is 1.48 bits per heavy atom. The van der Waals surface area contributed by atoms with Gasteiger partial charge in [0.05, 0.1) is 28.4 Å². The molecule has 0 spiro atoms. The summed E-state index contributed by atoms with van der Waals surface area (Å²) in [6.07, 6.45) is 4.10. The fourth-order valence-corrected chi connectivity index (χ4v) is 1.92. The van der Waals surface area contributed by atoms with Crippen molar-refractivity contribution in [3.63, 3.8) is 0 Å². The van der Waals surface area contributed by atoms with E-state index in [2.05, 4.69) is 15.5 Å². The van der Waals surface area contributed by atoms with Gasteiger partial charge in [0.2, 0.25) is 5.91 Å². The smallest absolute Gasteiger partial charge is 0.306 e. The maximum absolute atomic E-state index is 11.7. The molecule has 2 aromatic heterocycles. The molecule has 2 rings (SSSR count). The lowest BCUT2D eigenvalue weighted by atomic mass is 10.3. The molecule has 0 atom stereocenters. The highest BCUT2D eigenvalue weighted by molar-refractivity contribution is 6.31. The lowest BCUT2D eigenvalue weighted by Gasteiger charge is -2.06. The summed E-state index contributed by atoms with van der Waals surface area (Å²) in [5, 5.41) is 21.5. The molecule has 2 aromatic rings. The Morgan fingerprint density at radius 2 is 2.24 bits per heavy atom. The van der Waals surface area contributed by atoms with Gasteiger partial charge in [-0.25, -0.2) is 0 Å². The summed E-state index contributed by atoms with van der Waals surface area (Å²) in [6, 6.07) is 0. The van der Waals surface area contributed by atoms with Crippen molar-refractivity contribution in [2.75, 3.05) is 0 Å². The molecule has 0 aliphatic heterocycles. The molecule has 9 nitrogen and oxygen atoms in total. The van der Waals surface area contributed by atoms with Crippen molar-refractivity contribution in [1.29, 1.82) is 0 Å². The van der Waals surface area contributed by atoms with Crippen LogP contribution in [0.2, 0.25) is 5.02 Å². The van der Waals surface area contributed by atoms with Crippen LogP contribution in [0.3, 0.4) is 0 Å². The predicted octanol–water partition coefficient (Wildman–Crippen LogP) is 0.885. The molecule has 0 radical (unpaired) electrons. The molecule has 0 saturated heterocycles. The van der Waals surface area contributed by atoms with E-state index in [1.807, 2.05) is 0 Å². The lowest BCUT2D eigenvalue weighted by Crippen LogP contribution is -2.25. The van der Waals surface area contributed by atoms with Crippen LogP contribution in [0, 0.1) is 10.1 Å². The summed E-state index contributed by atoms with van der Waals surface area (Å²) in [6.45, 7) is 0.534. The van der Waals surface area contributed by atoms with E-state index in [1.54, 1.807) is 11.7 Å². The molecule has 0 saturated carbocycles. The molecule has 2 heterocycles. The first-order valence-electron chi connectivity index (χ1n) is 6.07. The highest BCUT2D eigenvalue weighted by Crippen LogP contribution is 2.13. The molecule has 0 aromatic carbocycles. The number of carbonyl (C=O) groups excluding carboxylic acids is 1. The van der Waals surface area contributed by atoms with Crippen LogP contribution in [-0.4, -0.2) is 30.4 Å². The molecule has 21 heavy (non-hydrogen) atoms. The fraction of sp³-hybridized carbons (Fsp3) is 0.364. The average molecular weight is 313 g/mol. The Hall–Kier alpha value is -2.42. The molecular formula is C11H13ClN6O3. The highest BCUT2D eigenvalue weighted by Gasteiger charge is 2.11. The number of aromatic nitrogens is 4. The number of halogens is 1. The lowest BCUT2D eigenvalue weighted by molar-refractivity contribution is -0.385. The van der Waals surface area contributed by atoms with Gasteiger partial charge in [0, 0.05) is 20.0 Å². The number of carbonyl (C=O) groups is 1. The van der Waals surface area contributed by atoms with Crippen LogP contribution in [0.25, 0.3) is 0 Å². The third-order valence-corrected chi connectivity index (χ3v) is 3.18. The first kappa shape index (κ1) is 15.0. The van der Waals surface area contributed by atoms with Gasteiger partial charge in [0.25, 0.3) is 0 Å². The van der Waals surface area contributed by atoms with Crippen LogP contribution < -0.4 is 5.32 Å². The molecule has 0 aliphatic carbocycles. The van der Waals surface area contributed by atoms with Crippen molar-refractivity contribution in [2.45, 2.75) is 19.5 Å². The molecular weight excluding hydrogens is 300 g/mol. The van der Waals surface area contributed by atoms with Crippen molar-refractivity contribution in [1.82, 2.24) is 24.9 Å². The molecule has 112 valence electrons. The third-order valence-electron chi connectivity index (χ3n) is 2.86. The summed E-state index contributed by atoms with van der Waals surface area (Å²) in [7, 11) is 1.73. The van der Waals surface area contributed by atoms with Crippen LogP contribution in [0.4, 0.5) is 5.69 Å². The van der Waals surface area contributed by atoms with Crippen molar-refractivity contribution in [2.24, 2.45) is 7.05 Å². The summed E-state index contributed by atoms with van der Waals surface area (Å²) < 4.78 is 2.94. The minimum Gasteiger partial charge on any atom is -0.350 e. The van der Waals surface area contributed by atoms with Crippen LogP contribution in [0.1, 0.15) is 12.1 Å². The molecule has 0 fully saturated rings. The number of nitro groups is 1. The maximum Gasteiger partial charge on any atom is 0.306 e. The van der Waals surface area contributed by atoms with Crippen LogP contribution >= 0.6 is 11.6 Å². The highest BCUT2D eigenvalue weighted by atomic mass is 35.5. The third kappa shape index (κ3) is 3.78. The minimum atomic E-state index is -0.534. The van der Waals surface area contributed by atoms with E-state index in [9.17, 15) is 14.9 Å². The summed E-state index contributed by atoms with van der Waals surface area (Å²) in [5.74, 6) is -0.203. The average Bonchev–Trinajstić information content (AvgIpc) is 3.03. The van der Waals surface area contributed by atoms with Crippen LogP contribution in [0.5, 0.6) is 0 Å². The van der Waals surface area contributed by atoms with Gasteiger partial charge in [0.15, 0.2) is 0 Å². The van der Waals surface area contributed by atoms with Crippen molar-refractivity contribution >= 4 is 23.2 Å². The van der Waals surface area contributed by atoms with Gasteiger partial charge in [-0.2, -0.15) is 10.2 Å². The van der Waals surface area contributed by atoms with Gasteiger partial charge in [-0.15, -0.1) is 0 Å². The standard InChI is InChI=1S/C11H13ClN6O3/c1-16-10(9(12)5-14-16)6-13-11(19)2-3-17-7-8(4-15-17)18(20)21/h4-5,7H,2-3,6H2,1H3,(H,13,19). The van der Waals surface area contributed by atoms with E-state index in [4.69, 9.17) is 11.6 Å². The Bertz CT molecular complexity index is 645. The van der Waals surface area contributed by atoms with E-state index in [0.29, 0.717) is 10.7 Å². The SMILES string of the molecule is Cn1ncc(Cl)c1CNC(=O)CCn1cc([N+](=O)[O-])cn1. The fourth-order valence-electron chi connectivity index (χ4n) is 1.69. The van der Waals surface area contributed by atoms with Crippen molar-refractivity contribution in [3.8, 4) is 0 Å². The summed E-state index contributed by atoms with van der Waals surface area (Å²) in [4.78, 5) is 21.7. The summed E-state index contributed by atoms with van der Waals surface area (Å²) in [5.41, 5.74) is 0.608. The normalized spacial score (nSPS) is 10.6. The number of amides is 1. The zero-order chi connectivity index (χ0) is 15.4. The van der Waals surface area contributed by atoms with Gasteiger partial charge in [-0.1, -0.05) is 11.6 Å². The number of hydrogen-bond donors (Lipinski definition) is 1. The van der Waals surface area contributed by atoms with E-state index < -0.39 is 4.92 Å². The Morgan fingerprint density at radius 3 is 2.81 bits per heavy atom. The topological polar surface area (TPSA) is 108 Å². The Balaban J connectivity index is 1.81. The first-order valence-corrected chi connectivity index (χ1v) is 6.45. The molecule has 1 amide bonds. The summed E-state index contributed by atoms with van der Waals surface area (Å²) >= 11 is 5.92. The van der Waals surface area contributed by atoms with Gasteiger partial charge >= 0.3 is 5.69 Å². The van der Waals surface area contributed by atoms with Gasteiger partial charge in [-0.3, -0.25) is 24.3 Å². The van der Waals surface area contributed by atoms with E-state index in [-0.39, 0.29) is 31.1 Å². The number of rotatable bonds is 6. The number of hydrogen-bond acceptors (Lipinski definition) is 5. The molecule has 0 bridgehead atoms. The zero-order valence-electron chi connectivity index (χ0n) is 11.2. The first-order chi connectivity index (χ1) is 9.97. The van der Waals surface area contributed by atoms with Crippen molar-refractivity contribution in [3.05, 3.63) is 39.4 Å². The minimum absolute atomic E-state index is 0.0999. The molecule has 0 aliphatic rings.